The van der Waals surface area contributed by atoms with Gasteiger partial charge in [-0.2, -0.15) is 5.10 Å². The second-order valence-electron chi connectivity index (χ2n) is 7.27. The van der Waals surface area contributed by atoms with Gasteiger partial charge in [0.05, 0.1) is 11.8 Å². The lowest BCUT2D eigenvalue weighted by atomic mass is 9.83. The van der Waals surface area contributed by atoms with Crippen LogP contribution in [0.3, 0.4) is 0 Å². The summed E-state index contributed by atoms with van der Waals surface area (Å²) in [4.78, 5) is 2.39. The predicted molar refractivity (Wildman–Crippen MR) is 103 cm³/mol. The molecule has 2 aromatic carbocycles. The highest BCUT2D eigenvalue weighted by molar-refractivity contribution is 5.63. The molecule has 1 aliphatic rings. The second-order valence-corrected chi connectivity index (χ2v) is 7.27. The van der Waals surface area contributed by atoms with E-state index in [0.717, 1.165) is 38.0 Å². The Morgan fingerprint density at radius 3 is 2.23 bits per heavy atom. The number of rotatable bonds is 4. The van der Waals surface area contributed by atoms with Gasteiger partial charge in [-0.05, 0) is 29.5 Å². The summed E-state index contributed by atoms with van der Waals surface area (Å²) in [5, 5.41) is 15.4. The van der Waals surface area contributed by atoms with Crippen LogP contribution in [0.2, 0.25) is 0 Å². The molecule has 1 N–H and O–H groups in total. The minimum Gasteiger partial charge on any atom is -0.385 e. The molecule has 134 valence electrons. The second kappa shape index (κ2) is 7.06. The Morgan fingerprint density at radius 1 is 0.962 bits per heavy atom. The van der Waals surface area contributed by atoms with Crippen LogP contribution < -0.4 is 0 Å². The van der Waals surface area contributed by atoms with E-state index in [1.807, 2.05) is 24.0 Å². The van der Waals surface area contributed by atoms with Crippen LogP contribution in [-0.4, -0.2) is 32.9 Å². The number of piperidine rings is 1. The monoisotopic (exact) mass is 347 g/mol. The van der Waals surface area contributed by atoms with Crippen molar-refractivity contribution in [2.45, 2.75) is 25.0 Å². The zero-order valence-corrected chi connectivity index (χ0v) is 15.2. The molecule has 3 aromatic rings. The maximum Gasteiger partial charge on any atom is 0.0920 e. The average molecular weight is 347 g/mol. The van der Waals surface area contributed by atoms with E-state index in [9.17, 15) is 5.11 Å². The Morgan fingerprint density at radius 2 is 1.62 bits per heavy atom. The van der Waals surface area contributed by atoms with Crippen LogP contribution >= 0.6 is 0 Å². The van der Waals surface area contributed by atoms with E-state index in [2.05, 4.69) is 64.7 Å². The SMILES string of the molecule is Cn1cc(CN2CCC(O)(c3ccc(-c4ccccc4)cc3)CC2)cn1. The van der Waals surface area contributed by atoms with Crippen molar-refractivity contribution in [3.8, 4) is 11.1 Å². The molecule has 1 saturated heterocycles. The van der Waals surface area contributed by atoms with Crippen molar-refractivity contribution in [1.82, 2.24) is 14.7 Å². The van der Waals surface area contributed by atoms with Gasteiger partial charge in [0.1, 0.15) is 0 Å². The summed E-state index contributed by atoms with van der Waals surface area (Å²) in [6, 6.07) is 18.7. The third kappa shape index (κ3) is 3.57. The van der Waals surface area contributed by atoms with Gasteiger partial charge in [-0.25, -0.2) is 0 Å². The Labute approximate surface area is 154 Å². The minimum atomic E-state index is -0.722. The highest BCUT2D eigenvalue weighted by Gasteiger charge is 2.33. The van der Waals surface area contributed by atoms with E-state index in [0.29, 0.717) is 0 Å². The zero-order valence-electron chi connectivity index (χ0n) is 15.2. The van der Waals surface area contributed by atoms with E-state index < -0.39 is 5.60 Å². The Hall–Kier alpha value is -2.43. The number of nitrogens with zero attached hydrogens (tertiary/aromatic N) is 3. The van der Waals surface area contributed by atoms with Crippen molar-refractivity contribution in [2.75, 3.05) is 13.1 Å². The van der Waals surface area contributed by atoms with Crippen molar-refractivity contribution < 1.29 is 5.11 Å². The number of aromatic nitrogens is 2. The van der Waals surface area contributed by atoms with Gasteiger partial charge >= 0.3 is 0 Å². The smallest absolute Gasteiger partial charge is 0.0920 e. The molecule has 0 radical (unpaired) electrons. The summed E-state index contributed by atoms with van der Waals surface area (Å²) in [6.45, 7) is 2.69. The lowest BCUT2D eigenvalue weighted by Crippen LogP contribution is -2.42. The topological polar surface area (TPSA) is 41.3 Å². The molecule has 0 amide bonds. The maximum atomic E-state index is 11.1. The molecule has 0 aliphatic carbocycles. The molecule has 4 heteroatoms. The molecule has 4 rings (SSSR count). The summed E-state index contributed by atoms with van der Waals surface area (Å²) >= 11 is 0. The highest BCUT2D eigenvalue weighted by Crippen LogP contribution is 2.34. The molecule has 0 bridgehead atoms. The highest BCUT2D eigenvalue weighted by atomic mass is 16.3. The molecular formula is C22H25N3O. The fourth-order valence-electron chi connectivity index (χ4n) is 3.78. The quantitative estimate of drug-likeness (QED) is 0.784. The first-order valence-corrected chi connectivity index (χ1v) is 9.21. The normalized spacial score (nSPS) is 17.3. The predicted octanol–water partition coefficient (Wildman–Crippen LogP) is 3.57. The molecule has 0 unspecified atom stereocenters. The number of aryl methyl sites for hydroxylation is 1. The van der Waals surface area contributed by atoms with Gasteiger partial charge in [0.25, 0.3) is 0 Å². The van der Waals surface area contributed by atoms with E-state index in [-0.39, 0.29) is 0 Å². The van der Waals surface area contributed by atoms with Gasteiger partial charge < -0.3 is 5.11 Å². The summed E-state index contributed by atoms with van der Waals surface area (Å²) in [6.07, 6.45) is 5.50. The van der Waals surface area contributed by atoms with Crippen molar-refractivity contribution in [2.24, 2.45) is 7.05 Å². The van der Waals surface area contributed by atoms with E-state index in [4.69, 9.17) is 0 Å². The molecule has 1 aliphatic heterocycles. The first-order chi connectivity index (χ1) is 12.6. The molecule has 2 heterocycles. The zero-order chi connectivity index (χ0) is 18.0. The van der Waals surface area contributed by atoms with E-state index in [1.54, 1.807) is 0 Å². The van der Waals surface area contributed by atoms with Crippen molar-refractivity contribution in [1.29, 1.82) is 0 Å². The van der Waals surface area contributed by atoms with Gasteiger partial charge in [-0.15, -0.1) is 0 Å². The number of hydrogen-bond acceptors (Lipinski definition) is 3. The van der Waals surface area contributed by atoms with Crippen molar-refractivity contribution in [3.05, 3.63) is 78.1 Å². The third-order valence-corrected chi connectivity index (χ3v) is 5.38. The first kappa shape index (κ1) is 17.0. The molecule has 1 aromatic heterocycles. The summed E-state index contributed by atoms with van der Waals surface area (Å²) < 4.78 is 1.84. The van der Waals surface area contributed by atoms with Crippen molar-refractivity contribution >= 4 is 0 Å². The van der Waals surface area contributed by atoms with Crippen LogP contribution in [0.1, 0.15) is 24.0 Å². The van der Waals surface area contributed by atoms with E-state index in [1.165, 1.54) is 16.7 Å². The van der Waals surface area contributed by atoms with Crippen LogP contribution in [-0.2, 0) is 19.2 Å². The van der Waals surface area contributed by atoms with Gasteiger partial charge in [-0.3, -0.25) is 9.58 Å². The fourth-order valence-corrected chi connectivity index (χ4v) is 3.78. The van der Waals surface area contributed by atoms with Crippen LogP contribution in [0.5, 0.6) is 0 Å². The molecule has 4 nitrogen and oxygen atoms in total. The molecule has 26 heavy (non-hydrogen) atoms. The van der Waals surface area contributed by atoms with Gasteiger partial charge in [0.15, 0.2) is 0 Å². The molecule has 1 fully saturated rings. The van der Waals surface area contributed by atoms with Crippen LogP contribution in [0.25, 0.3) is 11.1 Å². The number of benzene rings is 2. The molecule has 0 saturated carbocycles. The van der Waals surface area contributed by atoms with Gasteiger partial charge in [-0.1, -0.05) is 54.6 Å². The maximum absolute atomic E-state index is 11.1. The summed E-state index contributed by atoms with van der Waals surface area (Å²) in [7, 11) is 1.94. The Bertz CT molecular complexity index is 847. The largest absolute Gasteiger partial charge is 0.385 e. The van der Waals surface area contributed by atoms with Crippen molar-refractivity contribution in [3.63, 3.8) is 0 Å². The van der Waals surface area contributed by atoms with E-state index >= 15 is 0 Å². The summed E-state index contributed by atoms with van der Waals surface area (Å²) in [5.74, 6) is 0. The molecular weight excluding hydrogens is 322 g/mol. The third-order valence-electron chi connectivity index (χ3n) is 5.38. The fraction of sp³-hybridized carbons (Fsp3) is 0.318. The number of likely N-dealkylation sites (tertiary alicyclic amines) is 1. The minimum absolute atomic E-state index is 0.722. The lowest BCUT2D eigenvalue weighted by molar-refractivity contribution is -0.0277. The average Bonchev–Trinajstić information content (AvgIpc) is 3.09. The Kier molecular flexibility index (Phi) is 4.62. The first-order valence-electron chi connectivity index (χ1n) is 9.21. The number of hydrogen-bond donors (Lipinski definition) is 1. The van der Waals surface area contributed by atoms with Gasteiger partial charge in [0, 0.05) is 38.4 Å². The molecule has 0 spiro atoms. The van der Waals surface area contributed by atoms with Crippen LogP contribution in [0.4, 0.5) is 0 Å². The van der Waals surface area contributed by atoms with Crippen LogP contribution in [0, 0.1) is 0 Å². The standard InChI is InChI=1S/C22H25N3O/c1-24-16-18(15-23-24)17-25-13-11-22(26,12-14-25)21-9-7-20(8-10-21)19-5-3-2-4-6-19/h2-10,15-16,26H,11-14,17H2,1H3. The number of aliphatic hydroxyl groups is 1. The van der Waals surface area contributed by atoms with Crippen LogP contribution in [0.15, 0.2) is 67.0 Å². The lowest BCUT2D eigenvalue weighted by Gasteiger charge is -2.38. The summed E-state index contributed by atoms with van der Waals surface area (Å²) in [5.41, 5.74) is 3.92. The Balaban J connectivity index is 1.42. The van der Waals surface area contributed by atoms with Gasteiger partial charge in [0.2, 0.25) is 0 Å². The molecule has 0 atom stereocenters.